The van der Waals surface area contributed by atoms with Gasteiger partial charge in [0.2, 0.25) is 5.91 Å². The Balaban J connectivity index is 1.55. The van der Waals surface area contributed by atoms with Gasteiger partial charge in [-0.3, -0.25) is 4.79 Å². The van der Waals surface area contributed by atoms with E-state index in [0.29, 0.717) is 24.7 Å². The molecule has 1 aliphatic heterocycles. The lowest BCUT2D eigenvalue weighted by atomic mass is 10.0. The van der Waals surface area contributed by atoms with Crippen LogP contribution in [0.3, 0.4) is 0 Å². The molecule has 0 unspecified atom stereocenters. The number of benzene rings is 1. The van der Waals surface area contributed by atoms with E-state index in [4.69, 9.17) is 4.42 Å². The van der Waals surface area contributed by atoms with Crippen LogP contribution in [0.2, 0.25) is 0 Å². The fourth-order valence-corrected chi connectivity index (χ4v) is 2.75. The van der Waals surface area contributed by atoms with E-state index in [1.54, 1.807) is 0 Å². The Bertz CT molecular complexity index is 678. The second-order valence-electron chi connectivity index (χ2n) is 5.86. The fourth-order valence-electron chi connectivity index (χ4n) is 2.49. The summed E-state index contributed by atoms with van der Waals surface area (Å²) in [4.78, 5) is 16.3. The fraction of sp³-hybridized carbons (Fsp3) is 0.412. The zero-order valence-electron chi connectivity index (χ0n) is 13.1. The Labute approximate surface area is 144 Å². The molecule has 0 aliphatic carbocycles. The van der Waals surface area contributed by atoms with Crippen molar-refractivity contribution in [2.24, 2.45) is 5.92 Å². The lowest BCUT2D eigenvalue weighted by Crippen LogP contribution is -2.48. The molecule has 1 saturated heterocycles. The van der Waals surface area contributed by atoms with Crippen LogP contribution in [0.1, 0.15) is 18.0 Å². The number of hydrogen-bond donors (Lipinski definition) is 2. The first-order valence-corrected chi connectivity index (χ1v) is 8.61. The number of aromatic nitrogens is 1. The van der Waals surface area contributed by atoms with Crippen molar-refractivity contribution in [1.82, 2.24) is 15.6 Å². The zero-order chi connectivity index (χ0) is 16.2. The van der Waals surface area contributed by atoms with Gasteiger partial charge in [-0.15, -0.1) is 0 Å². The highest BCUT2D eigenvalue weighted by Gasteiger charge is 2.17. The number of rotatable bonds is 6. The summed E-state index contributed by atoms with van der Waals surface area (Å²) in [6.07, 6.45) is 0.923. The molecule has 2 aromatic rings. The summed E-state index contributed by atoms with van der Waals surface area (Å²) in [6, 6.07) is 7.92. The monoisotopic (exact) mass is 377 g/mol. The third kappa shape index (κ3) is 4.20. The van der Waals surface area contributed by atoms with E-state index in [-0.39, 0.29) is 5.91 Å². The van der Waals surface area contributed by atoms with Crippen molar-refractivity contribution in [3.8, 4) is 11.3 Å². The van der Waals surface area contributed by atoms with Gasteiger partial charge in [0.1, 0.15) is 0 Å². The van der Waals surface area contributed by atoms with Crippen LogP contribution in [0.4, 0.5) is 0 Å². The van der Waals surface area contributed by atoms with E-state index in [0.717, 1.165) is 41.1 Å². The molecule has 3 rings (SSSR count). The molecule has 5 nitrogen and oxygen atoms in total. The van der Waals surface area contributed by atoms with Crippen molar-refractivity contribution in [2.45, 2.75) is 19.8 Å². The molecular formula is C17H20BrN3O2. The van der Waals surface area contributed by atoms with E-state index in [9.17, 15) is 4.79 Å². The van der Waals surface area contributed by atoms with Gasteiger partial charge in [-0.25, -0.2) is 4.98 Å². The van der Waals surface area contributed by atoms with Gasteiger partial charge in [0.25, 0.3) is 0 Å². The lowest BCUT2D eigenvalue weighted by molar-refractivity contribution is -0.121. The number of carbonyl (C=O) groups excluding carboxylic acids is 1. The number of nitrogens with zero attached hydrogens (tertiary/aromatic N) is 1. The number of amides is 1. The minimum atomic E-state index is 0.0537. The largest absolute Gasteiger partial charge is 0.440 e. The summed E-state index contributed by atoms with van der Waals surface area (Å²) in [5, 5.41) is 6.15. The number of aryl methyl sites for hydroxylation is 2. The molecule has 0 bridgehead atoms. The number of halogens is 1. The molecule has 2 heterocycles. The molecule has 1 aromatic heterocycles. The average molecular weight is 378 g/mol. The SMILES string of the molecule is Cc1nc(CCC(=O)NCC2CNC2)oc1-c1ccc(Br)cc1. The summed E-state index contributed by atoms with van der Waals surface area (Å²) in [6.45, 7) is 4.67. The lowest BCUT2D eigenvalue weighted by Gasteiger charge is -2.27. The molecule has 1 fully saturated rings. The van der Waals surface area contributed by atoms with Crippen molar-refractivity contribution < 1.29 is 9.21 Å². The van der Waals surface area contributed by atoms with E-state index < -0.39 is 0 Å². The average Bonchev–Trinajstić information content (AvgIpc) is 2.85. The number of nitrogens with one attached hydrogen (secondary N) is 2. The predicted molar refractivity (Wildman–Crippen MR) is 92.1 cm³/mol. The summed E-state index contributed by atoms with van der Waals surface area (Å²) >= 11 is 3.42. The van der Waals surface area contributed by atoms with Crippen molar-refractivity contribution >= 4 is 21.8 Å². The van der Waals surface area contributed by atoms with Crippen LogP contribution in [0.5, 0.6) is 0 Å². The van der Waals surface area contributed by atoms with E-state index >= 15 is 0 Å². The van der Waals surface area contributed by atoms with Gasteiger partial charge in [-0.05, 0) is 19.1 Å². The quantitative estimate of drug-likeness (QED) is 0.811. The summed E-state index contributed by atoms with van der Waals surface area (Å²) < 4.78 is 6.86. The van der Waals surface area contributed by atoms with Gasteiger partial charge >= 0.3 is 0 Å². The van der Waals surface area contributed by atoms with E-state index in [1.807, 2.05) is 31.2 Å². The molecular weight excluding hydrogens is 358 g/mol. The first-order chi connectivity index (χ1) is 11.1. The predicted octanol–water partition coefficient (Wildman–Crippen LogP) is 2.68. The van der Waals surface area contributed by atoms with Gasteiger partial charge < -0.3 is 15.1 Å². The molecule has 122 valence electrons. The molecule has 1 aromatic carbocycles. The summed E-state index contributed by atoms with van der Waals surface area (Å²) in [5.74, 6) is 2.01. The maximum atomic E-state index is 11.9. The Hall–Kier alpha value is -1.66. The minimum Gasteiger partial charge on any atom is -0.440 e. The van der Waals surface area contributed by atoms with Crippen LogP contribution in [0.15, 0.2) is 33.2 Å². The Morgan fingerprint density at radius 3 is 2.78 bits per heavy atom. The topological polar surface area (TPSA) is 67.2 Å². The third-order valence-electron chi connectivity index (χ3n) is 3.97. The van der Waals surface area contributed by atoms with Crippen molar-refractivity contribution in [3.63, 3.8) is 0 Å². The van der Waals surface area contributed by atoms with Crippen LogP contribution in [-0.4, -0.2) is 30.5 Å². The normalized spacial score (nSPS) is 14.5. The van der Waals surface area contributed by atoms with Crippen LogP contribution in [-0.2, 0) is 11.2 Å². The molecule has 2 N–H and O–H groups in total. The maximum absolute atomic E-state index is 11.9. The second-order valence-corrected chi connectivity index (χ2v) is 6.77. The Morgan fingerprint density at radius 2 is 2.13 bits per heavy atom. The zero-order valence-corrected chi connectivity index (χ0v) is 14.6. The van der Waals surface area contributed by atoms with E-state index in [1.165, 1.54) is 0 Å². The van der Waals surface area contributed by atoms with Crippen molar-refractivity contribution in [1.29, 1.82) is 0 Å². The van der Waals surface area contributed by atoms with Gasteiger partial charge in [0, 0.05) is 48.4 Å². The Morgan fingerprint density at radius 1 is 1.39 bits per heavy atom. The number of oxazole rings is 1. The smallest absolute Gasteiger partial charge is 0.220 e. The first-order valence-electron chi connectivity index (χ1n) is 7.81. The highest BCUT2D eigenvalue weighted by atomic mass is 79.9. The van der Waals surface area contributed by atoms with Crippen molar-refractivity contribution in [2.75, 3.05) is 19.6 Å². The molecule has 23 heavy (non-hydrogen) atoms. The standard InChI is InChI=1S/C17H20BrN3O2/c1-11-17(13-2-4-14(18)5-3-13)23-16(21-11)7-6-15(22)20-10-12-8-19-9-12/h2-5,12,19H,6-10H2,1H3,(H,20,22). The summed E-state index contributed by atoms with van der Waals surface area (Å²) in [5.41, 5.74) is 1.84. The molecule has 1 aliphatic rings. The van der Waals surface area contributed by atoms with Crippen LogP contribution < -0.4 is 10.6 Å². The van der Waals surface area contributed by atoms with Gasteiger partial charge in [0.05, 0.1) is 5.69 Å². The number of carbonyl (C=O) groups is 1. The highest BCUT2D eigenvalue weighted by Crippen LogP contribution is 2.26. The Kier molecular flexibility index (Phi) is 5.13. The molecule has 6 heteroatoms. The maximum Gasteiger partial charge on any atom is 0.220 e. The third-order valence-corrected chi connectivity index (χ3v) is 4.50. The van der Waals surface area contributed by atoms with E-state index in [2.05, 4.69) is 31.5 Å². The van der Waals surface area contributed by atoms with Gasteiger partial charge in [0.15, 0.2) is 11.7 Å². The van der Waals surface area contributed by atoms with Gasteiger partial charge in [-0.2, -0.15) is 0 Å². The van der Waals surface area contributed by atoms with Crippen LogP contribution >= 0.6 is 15.9 Å². The highest BCUT2D eigenvalue weighted by molar-refractivity contribution is 9.10. The van der Waals surface area contributed by atoms with Crippen LogP contribution in [0, 0.1) is 12.8 Å². The van der Waals surface area contributed by atoms with Crippen LogP contribution in [0.25, 0.3) is 11.3 Å². The molecule has 0 spiro atoms. The molecule has 0 atom stereocenters. The number of hydrogen-bond acceptors (Lipinski definition) is 4. The molecule has 0 radical (unpaired) electrons. The minimum absolute atomic E-state index is 0.0537. The molecule has 1 amide bonds. The molecule has 0 saturated carbocycles. The summed E-state index contributed by atoms with van der Waals surface area (Å²) in [7, 11) is 0. The van der Waals surface area contributed by atoms with Crippen molar-refractivity contribution in [3.05, 3.63) is 40.3 Å². The van der Waals surface area contributed by atoms with Gasteiger partial charge in [-0.1, -0.05) is 28.1 Å². The second kappa shape index (κ2) is 7.27. The first kappa shape index (κ1) is 16.2.